The van der Waals surface area contributed by atoms with Crippen molar-refractivity contribution >= 4 is 0 Å². The maximum atomic E-state index is 8.86. The SMILES string of the molecule is OCCC[C@H]1CN(Cc2ccccc2)CCN1. The maximum Gasteiger partial charge on any atom is 0.0431 e. The minimum atomic E-state index is 0.302. The van der Waals surface area contributed by atoms with E-state index in [1.54, 1.807) is 0 Å². The second kappa shape index (κ2) is 6.74. The molecule has 2 N–H and O–H groups in total. The minimum Gasteiger partial charge on any atom is -0.396 e. The molecule has 1 fully saturated rings. The number of nitrogens with one attached hydrogen (secondary N) is 1. The molecule has 1 aliphatic rings. The van der Waals surface area contributed by atoms with E-state index in [2.05, 4.69) is 40.5 Å². The lowest BCUT2D eigenvalue weighted by atomic mass is 10.1. The van der Waals surface area contributed by atoms with E-state index in [0.29, 0.717) is 12.6 Å². The zero-order valence-corrected chi connectivity index (χ0v) is 10.3. The Morgan fingerprint density at radius 2 is 2.12 bits per heavy atom. The highest BCUT2D eigenvalue weighted by Crippen LogP contribution is 2.09. The summed E-state index contributed by atoms with van der Waals surface area (Å²) in [4.78, 5) is 2.49. The fourth-order valence-corrected chi connectivity index (χ4v) is 2.41. The summed E-state index contributed by atoms with van der Waals surface area (Å²) in [5.74, 6) is 0. The van der Waals surface area contributed by atoms with Gasteiger partial charge in [-0.05, 0) is 18.4 Å². The first-order valence-corrected chi connectivity index (χ1v) is 6.49. The molecule has 1 saturated heterocycles. The topological polar surface area (TPSA) is 35.5 Å². The van der Waals surface area contributed by atoms with Crippen LogP contribution in [0.1, 0.15) is 18.4 Å². The fraction of sp³-hybridized carbons (Fsp3) is 0.571. The Kier molecular flexibility index (Phi) is 4.98. The molecule has 17 heavy (non-hydrogen) atoms. The summed E-state index contributed by atoms with van der Waals surface area (Å²) >= 11 is 0. The normalized spacial score (nSPS) is 21.6. The lowest BCUT2D eigenvalue weighted by Crippen LogP contribution is -2.50. The highest BCUT2D eigenvalue weighted by atomic mass is 16.2. The Balaban J connectivity index is 1.81. The smallest absolute Gasteiger partial charge is 0.0431 e. The maximum absolute atomic E-state index is 8.86. The second-order valence-corrected chi connectivity index (χ2v) is 4.74. The summed E-state index contributed by atoms with van der Waals surface area (Å²) in [6, 6.07) is 11.2. The van der Waals surface area contributed by atoms with E-state index in [1.807, 2.05) is 0 Å². The van der Waals surface area contributed by atoms with E-state index in [0.717, 1.165) is 39.0 Å². The van der Waals surface area contributed by atoms with Gasteiger partial charge in [0.05, 0.1) is 0 Å². The van der Waals surface area contributed by atoms with Gasteiger partial charge in [-0.25, -0.2) is 0 Å². The predicted octanol–water partition coefficient (Wildman–Crippen LogP) is 1.23. The molecule has 94 valence electrons. The van der Waals surface area contributed by atoms with Crippen LogP contribution in [0.2, 0.25) is 0 Å². The molecule has 0 bridgehead atoms. The van der Waals surface area contributed by atoms with Crippen LogP contribution >= 0.6 is 0 Å². The van der Waals surface area contributed by atoms with Gasteiger partial charge in [-0.15, -0.1) is 0 Å². The van der Waals surface area contributed by atoms with Gasteiger partial charge in [0, 0.05) is 38.8 Å². The van der Waals surface area contributed by atoms with Crippen LogP contribution < -0.4 is 5.32 Å². The molecule has 1 aliphatic heterocycles. The van der Waals surface area contributed by atoms with Crippen molar-refractivity contribution in [1.29, 1.82) is 0 Å². The molecule has 0 aliphatic carbocycles. The third-order valence-electron chi connectivity index (χ3n) is 3.30. The van der Waals surface area contributed by atoms with Gasteiger partial charge in [0.15, 0.2) is 0 Å². The third kappa shape index (κ3) is 4.11. The molecule has 1 atom stereocenters. The average molecular weight is 234 g/mol. The molecule has 0 saturated carbocycles. The quantitative estimate of drug-likeness (QED) is 0.804. The molecule has 3 heteroatoms. The summed E-state index contributed by atoms with van der Waals surface area (Å²) in [6.07, 6.45) is 1.97. The molecule has 1 heterocycles. The fourth-order valence-electron chi connectivity index (χ4n) is 2.41. The minimum absolute atomic E-state index is 0.302. The largest absolute Gasteiger partial charge is 0.396 e. The van der Waals surface area contributed by atoms with E-state index in [-0.39, 0.29) is 0 Å². The van der Waals surface area contributed by atoms with E-state index in [4.69, 9.17) is 5.11 Å². The zero-order chi connectivity index (χ0) is 11.9. The first-order valence-electron chi connectivity index (χ1n) is 6.49. The van der Waals surface area contributed by atoms with Crippen LogP contribution in [0.4, 0.5) is 0 Å². The van der Waals surface area contributed by atoms with Crippen LogP contribution in [0.25, 0.3) is 0 Å². The number of rotatable bonds is 5. The molecule has 0 spiro atoms. The summed E-state index contributed by atoms with van der Waals surface area (Å²) in [7, 11) is 0. The Hall–Kier alpha value is -0.900. The number of benzene rings is 1. The molecular formula is C14H22N2O. The van der Waals surface area contributed by atoms with Crippen molar-refractivity contribution in [2.24, 2.45) is 0 Å². The first kappa shape index (κ1) is 12.6. The van der Waals surface area contributed by atoms with Crippen molar-refractivity contribution < 1.29 is 5.11 Å². The molecule has 0 radical (unpaired) electrons. The Morgan fingerprint density at radius 1 is 1.29 bits per heavy atom. The van der Waals surface area contributed by atoms with Crippen molar-refractivity contribution in [3.8, 4) is 0 Å². The van der Waals surface area contributed by atoms with Crippen LogP contribution in [0.15, 0.2) is 30.3 Å². The van der Waals surface area contributed by atoms with Gasteiger partial charge in [0.2, 0.25) is 0 Å². The van der Waals surface area contributed by atoms with Gasteiger partial charge < -0.3 is 10.4 Å². The number of nitrogens with zero attached hydrogens (tertiary/aromatic N) is 1. The molecule has 0 aromatic heterocycles. The summed E-state index contributed by atoms with van der Waals surface area (Å²) < 4.78 is 0. The molecular weight excluding hydrogens is 212 g/mol. The summed E-state index contributed by atoms with van der Waals surface area (Å²) in [5, 5.41) is 12.4. The average Bonchev–Trinajstić information content (AvgIpc) is 2.38. The Bertz CT molecular complexity index is 315. The van der Waals surface area contributed by atoms with Gasteiger partial charge in [-0.2, -0.15) is 0 Å². The molecule has 1 aromatic rings. The predicted molar refractivity (Wildman–Crippen MR) is 69.8 cm³/mol. The van der Waals surface area contributed by atoms with Gasteiger partial charge in [-0.3, -0.25) is 4.90 Å². The van der Waals surface area contributed by atoms with E-state index >= 15 is 0 Å². The lowest BCUT2D eigenvalue weighted by Gasteiger charge is -2.33. The second-order valence-electron chi connectivity index (χ2n) is 4.74. The van der Waals surface area contributed by atoms with Crippen molar-refractivity contribution in [2.45, 2.75) is 25.4 Å². The molecule has 0 amide bonds. The summed E-state index contributed by atoms with van der Waals surface area (Å²) in [6.45, 7) is 4.61. The molecule has 0 unspecified atom stereocenters. The van der Waals surface area contributed by atoms with Crippen LogP contribution in [0, 0.1) is 0 Å². The van der Waals surface area contributed by atoms with Crippen LogP contribution in [-0.4, -0.2) is 42.3 Å². The van der Waals surface area contributed by atoms with E-state index in [1.165, 1.54) is 5.56 Å². The van der Waals surface area contributed by atoms with Crippen molar-refractivity contribution in [3.63, 3.8) is 0 Å². The highest BCUT2D eigenvalue weighted by molar-refractivity contribution is 5.14. The number of hydrogen-bond donors (Lipinski definition) is 2. The van der Waals surface area contributed by atoms with Crippen molar-refractivity contribution in [1.82, 2.24) is 10.2 Å². The standard InChI is InChI=1S/C14H22N2O/c17-10-4-7-14-12-16(9-8-15-14)11-13-5-2-1-3-6-13/h1-3,5-6,14-15,17H,4,7-12H2/t14-/m0/s1. The third-order valence-corrected chi connectivity index (χ3v) is 3.30. The van der Waals surface area contributed by atoms with Crippen LogP contribution in [-0.2, 0) is 6.54 Å². The van der Waals surface area contributed by atoms with Crippen molar-refractivity contribution in [2.75, 3.05) is 26.2 Å². The Labute approximate surface area is 103 Å². The zero-order valence-electron chi connectivity index (χ0n) is 10.3. The van der Waals surface area contributed by atoms with E-state index < -0.39 is 0 Å². The lowest BCUT2D eigenvalue weighted by molar-refractivity contribution is 0.178. The number of aliphatic hydroxyl groups excluding tert-OH is 1. The Morgan fingerprint density at radius 3 is 2.88 bits per heavy atom. The van der Waals surface area contributed by atoms with Gasteiger partial charge in [-0.1, -0.05) is 30.3 Å². The van der Waals surface area contributed by atoms with Crippen LogP contribution in [0.5, 0.6) is 0 Å². The number of piperazine rings is 1. The van der Waals surface area contributed by atoms with Crippen LogP contribution in [0.3, 0.4) is 0 Å². The van der Waals surface area contributed by atoms with Crippen molar-refractivity contribution in [3.05, 3.63) is 35.9 Å². The highest BCUT2D eigenvalue weighted by Gasteiger charge is 2.18. The number of hydrogen-bond acceptors (Lipinski definition) is 3. The van der Waals surface area contributed by atoms with E-state index in [9.17, 15) is 0 Å². The monoisotopic (exact) mass is 234 g/mol. The molecule has 1 aromatic carbocycles. The molecule has 2 rings (SSSR count). The van der Waals surface area contributed by atoms with Gasteiger partial charge >= 0.3 is 0 Å². The van der Waals surface area contributed by atoms with Gasteiger partial charge in [0.25, 0.3) is 0 Å². The first-order chi connectivity index (χ1) is 8.38. The number of aliphatic hydroxyl groups is 1. The molecule has 3 nitrogen and oxygen atoms in total. The van der Waals surface area contributed by atoms with Gasteiger partial charge in [0.1, 0.15) is 0 Å². The summed E-state index contributed by atoms with van der Waals surface area (Å²) in [5.41, 5.74) is 1.38.